The summed E-state index contributed by atoms with van der Waals surface area (Å²) in [6, 6.07) is 12.3. The molecule has 0 radical (unpaired) electrons. The lowest BCUT2D eigenvalue weighted by atomic mass is 10.2. The number of rotatable bonds is 3. The molecule has 3 rings (SSSR count). The standard InChI is InChI=1S/C14H12N2S/c1-2-4-13-12(3-1)14(5-7-15-13)16-9-11-6-8-17-10-11/h1-8,10H,9H2,(H,15,16). The maximum Gasteiger partial charge on any atom is 0.0722 e. The Morgan fingerprint density at radius 2 is 2.06 bits per heavy atom. The number of hydrogen-bond donors (Lipinski definition) is 1. The zero-order valence-corrected chi connectivity index (χ0v) is 10.1. The third kappa shape index (κ3) is 2.15. The number of thiophene rings is 1. The van der Waals surface area contributed by atoms with Crippen molar-refractivity contribution in [3.63, 3.8) is 0 Å². The van der Waals surface area contributed by atoms with Gasteiger partial charge in [-0.15, -0.1) is 0 Å². The fourth-order valence-corrected chi connectivity index (χ4v) is 2.51. The predicted molar refractivity (Wildman–Crippen MR) is 73.4 cm³/mol. The van der Waals surface area contributed by atoms with Crippen molar-refractivity contribution in [2.75, 3.05) is 5.32 Å². The lowest BCUT2D eigenvalue weighted by Gasteiger charge is -2.08. The van der Waals surface area contributed by atoms with Crippen molar-refractivity contribution >= 4 is 27.9 Å². The highest BCUT2D eigenvalue weighted by Crippen LogP contribution is 2.21. The highest BCUT2D eigenvalue weighted by atomic mass is 32.1. The van der Waals surface area contributed by atoms with Crippen LogP contribution in [0.3, 0.4) is 0 Å². The monoisotopic (exact) mass is 240 g/mol. The third-order valence-corrected chi connectivity index (χ3v) is 3.44. The molecule has 0 saturated heterocycles. The van der Waals surface area contributed by atoms with E-state index in [9.17, 15) is 0 Å². The molecule has 84 valence electrons. The van der Waals surface area contributed by atoms with Crippen LogP contribution in [-0.4, -0.2) is 4.98 Å². The van der Waals surface area contributed by atoms with Gasteiger partial charge < -0.3 is 5.32 Å². The van der Waals surface area contributed by atoms with E-state index in [1.54, 1.807) is 11.3 Å². The second-order valence-corrected chi connectivity index (χ2v) is 4.64. The summed E-state index contributed by atoms with van der Waals surface area (Å²) in [5.74, 6) is 0. The largest absolute Gasteiger partial charge is 0.380 e. The van der Waals surface area contributed by atoms with Gasteiger partial charge in [-0.3, -0.25) is 4.98 Å². The lowest BCUT2D eigenvalue weighted by Crippen LogP contribution is -1.98. The fourth-order valence-electron chi connectivity index (χ4n) is 1.84. The van der Waals surface area contributed by atoms with Crippen molar-refractivity contribution in [1.29, 1.82) is 0 Å². The van der Waals surface area contributed by atoms with E-state index in [4.69, 9.17) is 0 Å². The van der Waals surface area contributed by atoms with Crippen LogP contribution in [0.25, 0.3) is 10.9 Å². The van der Waals surface area contributed by atoms with Crippen LogP contribution in [0.15, 0.2) is 53.4 Å². The molecule has 2 heterocycles. The Kier molecular flexibility index (Phi) is 2.76. The van der Waals surface area contributed by atoms with Crippen LogP contribution in [0, 0.1) is 0 Å². The van der Waals surface area contributed by atoms with E-state index in [2.05, 4.69) is 33.2 Å². The maximum absolute atomic E-state index is 4.35. The quantitative estimate of drug-likeness (QED) is 0.750. The fraction of sp³-hybridized carbons (Fsp3) is 0.0714. The first-order chi connectivity index (χ1) is 8.43. The van der Waals surface area contributed by atoms with Crippen LogP contribution in [0.2, 0.25) is 0 Å². The van der Waals surface area contributed by atoms with E-state index >= 15 is 0 Å². The molecule has 0 atom stereocenters. The molecule has 1 N–H and O–H groups in total. The Labute approximate surface area is 104 Å². The van der Waals surface area contributed by atoms with E-state index < -0.39 is 0 Å². The number of anilines is 1. The molecule has 0 aliphatic carbocycles. The van der Waals surface area contributed by atoms with Gasteiger partial charge in [-0.2, -0.15) is 11.3 Å². The summed E-state index contributed by atoms with van der Waals surface area (Å²) in [7, 11) is 0. The molecule has 0 fully saturated rings. The summed E-state index contributed by atoms with van der Waals surface area (Å²) in [5, 5.41) is 8.89. The van der Waals surface area contributed by atoms with Crippen LogP contribution in [0.4, 0.5) is 5.69 Å². The van der Waals surface area contributed by atoms with E-state index in [0.717, 1.165) is 17.7 Å². The average molecular weight is 240 g/mol. The first-order valence-electron chi connectivity index (χ1n) is 5.52. The normalized spacial score (nSPS) is 10.6. The molecule has 3 aromatic rings. The van der Waals surface area contributed by atoms with Crippen molar-refractivity contribution in [2.45, 2.75) is 6.54 Å². The lowest BCUT2D eigenvalue weighted by molar-refractivity contribution is 1.17. The van der Waals surface area contributed by atoms with Gasteiger partial charge in [0.2, 0.25) is 0 Å². The second-order valence-electron chi connectivity index (χ2n) is 3.86. The average Bonchev–Trinajstić information content (AvgIpc) is 2.89. The molecule has 17 heavy (non-hydrogen) atoms. The van der Waals surface area contributed by atoms with Crippen molar-refractivity contribution in [3.8, 4) is 0 Å². The van der Waals surface area contributed by atoms with Gasteiger partial charge in [0.15, 0.2) is 0 Å². The van der Waals surface area contributed by atoms with Crippen LogP contribution >= 0.6 is 11.3 Å². The van der Waals surface area contributed by atoms with Crippen LogP contribution < -0.4 is 5.32 Å². The minimum atomic E-state index is 0.859. The topological polar surface area (TPSA) is 24.9 Å². The Balaban J connectivity index is 1.90. The molecule has 0 bridgehead atoms. The van der Waals surface area contributed by atoms with Crippen LogP contribution in [0.5, 0.6) is 0 Å². The number of benzene rings is 1. The van der Waals surface area contributed by atoms with Gasteiger partial charge in [0.25, 0.3) is 0 Å². The van der Waals surface area contributed by atoms with Gasteiger partial charge in [0.1, 0.15) is 0 Å². The summed E-state index contributed by atoms with van der Waals surface area (Å²) in [5.41, 5.74) is 3.49. The van der Waals surface area contributed by atoms with Crippen molar-refractivity contribution in [3.05, 3.63) is 58.9 Å². The highest BCUT2D eigenvalue weighted by molar-refractivity contribution is 7.07. The first-order valence-corrected chi connectivity index (χ1v) is 6.46. The summed E-state index contributed by atoms with van der Waals surface area (Å²) >= 11 is 1.73. The molecule has 1 aromatic carbocycles. The Bertz CT molecular complexity index is 612. The Morgan fingerprint density at radius 1 is 1.12 bits per heavy atom. The molecule has 0 aliphatic heterocycles. The SMILES string of the molecule is c1ccc2c(NCc3ccsc3)ccnc2c1. The number of nitrogens with zero attached hydrogens (tertiary/aromatic N) is 1. The predicted octanol–water partition coefficient (Wildman–Crippen LogP) is 3.91. The molecule has 0 amide bonds. The summed E-state index contributed by atoms with van der Waals surface area (Å²) < 4.78 is 0. The Hall–Kier alpha value is -1.87. The molecule has 0 spiro atoms. The van der Waals surface area contributed by atoms with E-state index in [-0.39, 0.29) is 0 Å². The van der Waals surface area contributed by atoms with Gasteiger partial charge in [0.05, 0.1) is 5.52 Å². The van der Waals surface area contributed by atoms with E-state index in [1.165, 1.54) is 10.9 Å². The number of pyridine rings is 1. The molecule has 0 saturated carbocycles. The first kappa shape index (κ1) is 10.3. The van der Waals surface area contributed by atoms with Crippen molar-refractivity contribution in [2.24, 2.45) is 0 Å². The number of para-hydroxylation sites is 1. The smallest absolute Gasteiger partial charge is 0.0722 e. The van der Waals surface area contributed by atoms with Gasteiger partial charge >= 0.3 is 0 Å². The number of fused-ring (bicyclic) bond motifs is 1. The van der Waals surface area contributed by atoms with Gasteiger partial charge in [-0.1, -0.05) is 18.2 Å². The minimum Gasteiger partial charge on any atom is -0.380 e. The van der Waals surface area contributed by atoms with E-state index in [0.29, 0.717) is 0 Å². The Morgan fingerprint density at radius 3 is 2.94 bits per heavy atom. The zero-order valence-electron chi connectivity index (χ0n) is 9.26. The molecule has 3 heteroatoms. The molecule has 0 unspecified atom stereocenters. The highest BCUT2D eigenvalue weighted by Gasteiger charge is 2.00. The molecule has 2 nitrogen and oxygen atoms in total. The van der Waals surface area contributed by atoms with Crippen molar-refractivity contribution in [1.82, 2.24) is 4.98 Å². The van der Waals surface area contributed by atoms with Gasteiger partial charge in [0, 0.05) is 23.8 Å². The minimum absolute atomic E-state index is 0.859. The van der Waals surface area contributed by atoms with Crippen molar-refractivity contribution < 1.29 is 0 Å². The third-order valence-electron chi connectivity index (χ3n) is 2.71. The number of nitrogens with one attached hydrogen (secondary N) is 1. The molecule has 0 aliphatic rings. The summed E-state index contributed by atoms with van der Waals surface area (Å²) in [6.45, 7) is 0.859. The number of aromatic nitrogens is 1. The van der Waals surface area contributed by atoms with E-state index in [1.807, 2.05) is 30.5 Å². The molecular weight excluding hydrogens is 228 g/mol. The van der Waals surface area contributed by atoms with Crippen LogP contribution in [0.1, 0.15) is 5.56 Å². The molecular formula is C14H12N2S. The summed E-state index contributed by atoms with van der Waals surface area (Å²) in [6.07, 6.45) is 1.85. The summed E-state index contributed by atoms with van der Waals surface area (Å²) in [4.78, 5) is 4.35. The number of hydrogen-bond acceptors (Lipinski definition) is 3. The zero-order chi connectivity index (χ0) is 11.5. The van der Waals surface area contributed by atoms with Crippen LogP contribution in [-0.2, 0) is 6.54 Å². The second kappa shape index (κ2) is 4.55. The van der Waals surface area contributed by atoms with Gasteiger partial charge in [-0.05, 0) is 34.5 Å². The van der Waals surface area contributed by atoms with Gasteiger partial charge in [-0.25, -0.2) is 0 Å². The molecule has 2 aromatic heterocycles. The maximum atomic E-state index is 4.35.